The van der Waals surface area contributed by atoms with Crippen LogP contribution in [-0.2, 0) is 4.43 Å². The van der Waals surface area contributed by atoms with Crippen molar-refractivity contribution in [3.05, 3.63) is 60.7 Å². The highest BCUT2D eigenvalue weighted by Crippen LogP contribution is 2.37. The number of benzene rings is 2. The van der Waals surface area contributed by atoms with Gasteiger partial charge in [0, 0.05) is 12.5 Å². The highest BCUT2D eigenvalue weighted by atomic mass is 28.4. The lowest BCUT2D eigenvalue weighted by molar-refractivity contribution is 0.198. The van der Waals surface area contributed by atoms with E-state index in [2.05, 4.69) is 94.3 Å². The molecule has 0 unspecified atom stereocenters. The molecule has 0 spiro atoms. The topological polar surface area (TPSA) is 9.23 Å². The molecule has 126 valence electrons. The Balaban J connectivity index is 2.60. The Bertz CT molecular complexity index is 625. The summed E-state index contributed by atoms with van der Waals surface area (Å²) in [5, 5.41) is 2.65. The van der Waals surface area contributed by atoms with Crippen molar-refractivity contribution in [2.24, 2.45) is 0 Å². The van der Waals surface area contributed by atoms with Gasteiger partial charge in [-0.2, -0.15) is 0 Å². The molecular weight excluding hydrogens is 308 g/mol. The predicted molar refractivity (Wildman–Crippen MR) is 106 cm³/mol. The molecular formula is C22H28OSi. The molecule has 0 heterocycles. The fraction of sp³-hybridized carbons (Fsp3) is 0.364. The van der Waals surface area contributed by atoms with Gasteiger partial charge in [0.2, 0.25) is 0 Å². The molecule has 2 aromatic rings. The minimum atomic E-state index is -2.43. The van der Waals surface area contributed by atoms with Gasteiger partial charge >= 0.3 is 0 Å². The molecule has 0 aromatic heterocycles. The molecule has 0 aliphatic carbocycles. The third-order valence-corrected chi connectivity index (χ3v) is 9.65. The van der Waals surface area contributed by atoms with Crippen molar-refractivity contribution in [1.29, 1.82) is 0 Å². The first kappa shape index (κ1) is 18.5. The molecule has 0 bridgehead atoms. The predicted octanol–water partition coefficient (Wildman–Crippen LogP) is 4.36. The van der Waals surface area contributed by atoms with Crippen molar-refractivity contribution in [2.75, 3.05) is 0 Å². The Kier molecular flexibility index (Phi) is 6.04. The van der Waals surface area contributed by atoms with Crippen LogP contribution in [0.3, 0.4) is 0 Å². The first-order chi connectivity index (χ1) is 11.4. The zero-order chi connectivity index (χ0) is 17.6. The normalized spacial score (nSPS) is 13.3. The molecule has 2 rings (SSSR count). The second kappa shape index (κ2) is 7.83. The van der Waals surface area contributed by atoms with E-state index in [1.165, 1.54) is 10.4 Å². The van der Waals surface area contributed by atoms with E-state index in [1.807, 2.05) is 0 Å². The molecule has 0 saturated carbocycles. The van der Waals surface area contributed by atoms with Crippen molar-refractivity contribution in [3.8, 4) is 12.3 Å². The summed E-state index contributed by atoms with van der Waals surface area (Å²) in [6.07, 6.45) is 7.23. The van der Waals surface area contributed by atoms with E-state index in [9.17, 15) is 0 Å². The fourth-order valence-corrected chi connectivity index (χ4v) is 8.07. The second-order valence-corrected chi connectivity index (χ2v) is 11.6. The van der Waals surface area contributed by atoms with E-state index in [1.54, 1.807) is 0 Å². The van der Waals surface area contributed by atoms with Gasteiger partial charge in [-0.3, -0.25) is 0 Å². The first-order valence-electron chi connectivity index (χ1n) is 8.64. The Morgan fingerprint density at radius 1 is 0.958 bits per heavy atom. The summed E-state index contributed by atoms with van der Waals surface area (Å²) in [5.41, 5.74) is 0. The molecule has 0 aliphatic heterocycles. The summed E-state index contributed by atoms with van der Waals surface area (Å²) in [7, 11) is -2.43. The zero-order valence-electron chi connectivity index (χ0n) is 15.3. The maximum Gasteiger partial charge on any atom is 0.261 e. The van der Waals surface area contributed by atoms with Crippen LogP contribution in [0.25, 0.3) is 0 Å². The largest absolute Gasteiger partial charge is 0.405 e. The molecule has 0 fully saturated rings. The molecule has 0 amide bonds. The van der Waals surface area contributed by atoms with Gasteiger partial charge in [0.05, 0.1) is 0 Å². The van der Waals surface area contributed by atoms with Gasteiger partial charge in [0.1, 0.15) is 0 Å². The summed E-state index contributed by atoms with van der Waals surface area (Å²) in [6.45, 7) is 9.05. The quantitative estimate of drug-likeness (QED) is 0.562. The van der Waals surface area contributed by atoms with Crippen LogP contribution in [0.2, 0.25) is 5.04 Å². The third-order valence-electron chi connectivity index (χ3n) is 4.49. The summed E-state index contributed by atoms with van der Waals surface area (Å²) in [6, 6.07) is 21.5. The average molecular weight is 337 g/mol. The van der Waals surface area contributed by atoms with Gasteiger partial charge in [-0.1, -0.05) is 81.4 Å². The minimum absolute atomic E-state index is 0.0140. The van der Waals surface area contributed by atoms with Crippen molar-refractivity contribution in [1.82, 2.24) is 0 Å². The molecule has 0 radical (unpaired) electrons. The molecule has 24 heavy (non-hydrogen) atoms. The summed E-state index contributed by atoms with van der Waals surface area (Å²) >= 11 is 0. The molecule has 2 heteroatoms. The molecule has 1 nitrogen and oxygen atoms in total. The summed E-state index contributed by atoms with van der Waals surface area (Å²) < 4.78 is 6.92. The Morgan fingerprint density at radius 3 is 1.79 bits per heavy atom. The van der Waals surface area contributed by atoms with Gasteiger partial charge in [-0.05, 0) is 28.8 Å². The van der Waals surface area contributed by atoms with E-state index in [4.69, 9.17) is 10.8 Å². The van der Waals surface area contributed by atoms with Gasteiger partial charge < -0.3 is 4.43 Å². The summed E-state index contributed by atoms with van der Waals surface area (Å²) in [4.78, 5) is 0. The van der Waals surface area contributed by atoms with Crippen LogP contribution in [0.15, 0.2) is 60.7 Å². The zero-order valence-corrected chi connectivity index (χ0v) is 16.3. The van der Waals surface area contributed by atoms with Crippen molar-refractivity contribution in [2.45, 2.75) is 51.7 Å². The summed E-state index contributed by atoms with van der Waals surface area (Å²) in [5.74, 6) is 2.74. The van der Waals surface area contributed by atoms with Crippen molar-refractivity contribution in [3.63, 3.8) is 0 Å². The number of hydrogen-bond donors (Lipinski definition) is 0. The van der Waals surface area contributed by atoms with Crippen LogP contribution in [0, 0.1) is 12.3 Å². The lowest BCUT2D eigenvalue weighted by atomic mass is 10.2. The van der Waals surface area contributed by atoms with Gasteiger partial charge in [0.15, 0.2) is 0 Å². The number of hydrogen-bond acceptors (Lipinski definition) is 1. The average Bonchev–Trinajstić information content (AvgIpc) is 2.58. The molecule has 0 aliphatic rings. The van der Waals surface area contributed by atoms with Crippen LogP contribution in [-0.4, -0.2) is 14.4 Å². The van der Waals surface area contributed by atoms with Crippen molar-refractivity contribution < 1.29 is 4.43 Å². The van der Waals surface area contributed by atoms with Crippen LogP contribution < -0.4 is 10.4 Å². The standard InChI is InChI=1S/C22H28OSi/c1-6-7-14-19(2)23-24(22(3,4)5,20-15-10-8-11-16-20)21-17-12-9-13-18-21/h1,8-13,15-19H,7,14H2,2-5H3/t19-/m0/s1. The van der Waals surface area contributed by atoms with E-state index >= 15 is 0 Å². The SMILES string of the molecule is C#CCC[C@H](C)O[Si](c1ccccc1)(c1ccccc1)C(C)(C)C. The maximum atomic E-state index is 6.92. The first-order valence-corrected chi connectivity index (χ1v) is 10.5. The van der Waals surface area contributed by atoms with Gasteiger partial charge in [0.25, 0.3) is 8.32 Å². The highest BCUT2D eigenvalue weighted by Gasteiger charge is 2.50. The Hall–Kier alpha value is -1.82. The van der Waals surface area contributed by atoms with E-state index in [-0.39, 0.29) is 11.1 Å². The fourth-order valence-electron chi connectivity index (χ4n) is 3.34. The highest BCUT2D eigenvalue weighted by molar-refractivity contribution is 6.99. The van der Waals surface area contributed by atoms with E-state index in [0.29, 0.717) is 0 Å². The van der Waals surface area contributed by atoms with Crippen LogP contribution in [0.4, 0.5) is 0 Å². The van der Waals surface area contributed by atoms with Gasteiger partial charge in [-0.15, -0.1) is 12.3 Å². The molecule has 0 N–H and O–H groups in total. The number of terminal acetylenes is 1. The molecule has 0 saturated heterocycles. The lowest BCUT2D eigenvalue weighted by Gasteiger charge is -2.44. The lowest BCUT2D eigenvalue weighted by Crippen LogP contribution is -2.67. The van der Waals surface area contributed by atoms with Crippen LogP contribution in [0.5, 0.6) is 0 Å². The van der Waals surface area contributed by atoms with E-state index < -0.39 is 8.32 Å². The second-order valence-electron chi connectivity index (χ2n) is 7.33. The Labute approximate surface area is 148 Å². The maximum absolute atomic E-state index is 6.92. The molecule has 2 aromatic carbocycles. The van der Waals surface area contributed by atoms with Crippen LogP contribution in [0.1, 0.15) is 40.5 Å². The van der Waals surface area contributed by atoms with Crippen LogP contribution >= 0.6 is 0 Å². The smallest absolute Gasteiger partial charge is 0.261 e. The van der Waals surface area contributed by atoms with E-state index in [0.717, 1.165) is 12.8 Å². The minimum Gasteiger partial charge on any atom is -0.405 e. The van der Waals surface area contributed by atoms with Gasteiger partial charge in [-0.25, -0.2) is 0 Å². The molecule has 1 atom stereocenters. The van der Waals surface area contributed by atoms with Crippen molar-refractivity contribution >= 4 is 18.7 Å². The Morgan fingerprint density at radius 2 is 1.42 bits per heavy atom. The monoisotopic (exact) mass is 336 g/mol. The third kappa shape index (κ3) is 3.80. The number of rotatable bonds is 6.